The second kappa shape index (κ2) is 9.12. The first-order valence-electron chi connectivity index (χ1n) is 11.1. The highest BCUT2D eigenvalue weighted by atomic mass is 32.1. The number of carbonyl (C=O) groups excluding carboxylic acids is 2. The quantitative estimate of drug-likeness (QED) is 0.496. The van der Waals surface area contributed by atoms with E-state index in [1.54, 1.807) is 6.92 Å². The second-order valence-corrected chi connectivity index (χ2v) is 9.58. The number of thiazole rings is 1. The van der Waals surface area contributed by atoms with E-state index in [0.717, 1.165) is 38.5 Å². The van der Waals surface area contributed by atoms with Crippen LogP contribution in [0.25, 0.3) is 11.1 Å². The van der Waals surface area contributed by atoms with Crippen molar-refractivity contribution in [2.24, 2.45) is 0 Å². The number of aliphatic hydroxyl groups excluding tert-OH is 1. The predicted molar refractivity (Wildman–Crippen MR) is 129 cm³/mol. The number of nitrogens with one attached hydrogen (secondary N) is 1. The molecule has 1 aromatic heterocycles. The average Bonchev–Trinajstić information content (AvgIpc) is 3.50. The molecular formula is C25H23N3O6S. The van der Waals surface area contributed by atoms with E-state index >= 15 is 0 Å². The van der Waals surface area contributed by atoms with Crippen molar-refractivity contribution in [3.8, 4) is 11.1 Å². The molecule has 3 N–H and O–H groups in total. The maximum atomic E-state index is 12.9. The molecular weight excluding hydrogens is 470 g/mol. The molecule has 2 heterocycles. The molecule has 0 saturated carbocycles. The Morgan fingerprint density at radius 3 is 2.37 bits per heavy atom. The van der Waals surface area contributed by atoms with Gasteiger partial charge in [-0.25, -0.2) is 14.6 Å². The highest BCUT2D eigenvalue weighted by Crippen LogP contribution is 2.44. The fraction of sp³-hybridized carbons (Fsp3) is 0.280. The number of hydrogen-bond acceptors (Lipinski definition) is 7. The normalized spacial score (nSPS) is 18.7. The van der Waals surface area contributed by atoms with Crippen LogP contribution in [0.15, 0.2) is 48.5 Å². The summed E-state index contributed by atoms with van der Waals surface area (Å²) < 4.78 is 5.53. The van der Waals surface area contributed by atoms with Gasteiger partial charge >= 0.3 is 12.1 Å². The highest BCUT2D eigenvalue weighted by molar-refractivity contribution is 7.17. The van der Waals surface area contributed by atoms with Crippen molar-refractivity contribution in [3.05, 3.63) is 70.2 Å². The lowest BCUT2D eigenvalue weighted by atomic mass is 9.98. The Balaban J connectivity index is 1.26. The Morgan fingerprint density at radius 2 is 1.74 bits per heavy atom. The number of rotatable bonds is 5. The summed E-state index contributed by atoms with van der Waals surface area (Å²) in [6.07, 6.45) is -1.62. The first-order chi connectivity index (χ1) is 16.8. The number of aliphatic hydroxyl groups is 1. The monoisotopic (exact) mass is 493 g/mol. The van der Waals surface area contributed by atoms with Crippen molar-refractivity contribution in [1.29, 1.82) is 0 Å². The first kappa shape index (κ1) is 23.0. The lowest BCUT2D eigenvalue weighted by molar-refractivity contribution is -0.141. The Bertz CT molecular complexity index is 1280. The zero-order chi connectivity index (χ0) is 24.7. The topological polar surface area (TPSA) is 129 Å². The number of amides is 2. The summed E-state index contributed by atoms with van der Waals surface area (Å²) in [5.74, 6) is -1.79. The predicted octanol–water partition coefficient (Wildman–Crippen LogP) is 3.47. The zero-order valence-electron chi connectivity index (χ0n) is 18.8. The lowest BCUT2D eigenvalue weighted by Gasteiger charge is -2.20. The Kier molecular flexibility index (Phi) is 6.00. The van der Waals surface area contributed by atoms with E-state index in [0.29, 0.717) is 5.69 Å². The fourth-order valence-electron chi connectivity index (χ4n) is 4.77. The van der Waals surface area contributed by atoms with E-state index in [1.165, 1.54) is 0 Å². The van der Waals surface area contributed by atoms with Gasteiger partial charge in [0.25, 0.3) is 5.91 Å². The summed E-state index contributed by atoms with van der Waals surface area (Å²) in [4.78, 5) is 42.5. The molecule has 3 aromatic rings. The van der Waals surface area contributed by atoms with Crippen LogP contribution in [-0.4, -0.2) is 63.4 Å². The molecule has 0 bridgehead atoms. The minimum absolute atomic E-state index is 0.0240. The number of aliphatic carboxylic acids is 1. The number of benzene rings is 2. The molecule has 2 aliphatic rings. The third-order valence-electron chi connectivity index (χ3n) is 6.37. The third-order valence-corrected chi connectivity index (χ3v) is 7.43. The molecule has 9 nitrogen and oxygen atoms in total. The van der Waals surface area contributed by atoms with Gasteiger partial charge in [0.15, 0.2) is 5.13 Å². The summed E-state index contributed by atoms with van der Waals surface area (Å²) >= 11 is 0.944. The molecule has 180 valence electrons. The fourth-order valence-corrected chi connectivity index (χ4v) is 5.68. The Labute approximate surface area is 205 Å². The molecule has 2 aromatic carbocycles. The smallest absolute Gasteiger partial charge is 0.413 e. The van der Waals surface area contributed by atoms with Crippen molar-refractivity contribution < 1.29 is 29.3 Å². The maximum Gasteiger partial charge on any atom is 0.413 e. The van der Waals surface area contributed by atoms with Crippen LogP contribution in [0.5, 0.6) is 0 Å². The molecule has 1 saturated heterocycles. The molecule has 0 radical (unpaired) electrons. The summed E-state index contributed by atoms with van der Waals surface area (Å²) in [6.45, 7) is 1.68. The number of carbonyl (C=O) groups is 3. The largest absolute Gasteiger partial charge is 0.480 e. The number of carboxylic acids is 1. The minimum Gasteiger partial charge on any atom is -0.480 e. The number of fused-ring (bicyclic) bond motifs is 3. The number of hydrogen-bond donors (Lipinski definition) is 3. The SMILES string of the molecule is Cc1nc(NC(=O)OCC2c3ccccc3-c3ccccc32)sc1C(=O)N1CC(O)CC1C(=O)O. The van der Waals surface area contributed by atoms with Gasteiger partial charge in [-0.05, 0) is 29.2 Å². The molecule has 35 heavy (non-hydrogen) atoms. The van der Waals surface area contributed by atoms with Crippen LogP contribution in [-0.2, 0) is 9.53 Å². The van der Waals surface area contributed by atoms with E-state index in [1.807, 2.05) is 36.4 Å². The standard InChI is InChI=1S/C25H23N3O6S/c1-13-21(22(30)28-11-14(29)10-20(28)23(31)32)35-24(26-13)27-25(33)34-12-19-17-8-4-2-6-15(17)16-7-3-5-9-18(16)19/h2-9,14,19-20,29H,10-12H2,1H3,(H,31,32)(H,26,27,33). The van der Waals surface area contributed by atoms with Gasteiger partial charge in [-0.2, -0.15) is 0 Å². The van der Waals surface area contributed by atoms with Crippen LogP contribution < -0.4 is 5.32 Å². The molecule has 1 fully saturated rings. The number of carboxylic acid groups (broad SMARTS) is 1. The third kappa shape index (κ3) is 4.26. The number of β-amino-alcohol motifs (C(OH)–C–C–N with tert-alkyl or cyclic N) is 1. The van der Waals surface area contributed by atoms with Gasteiger partial charge in [-0.3, -0.25) is 10.1 Å². The second-order valence-electron chi connectivity index (χ2n) is 8.59. The van der Waals surface area contributed by atoms with Crippen LogP contribution >= 0.6 is 11.3 Å². The Hall–Kier alpha value is -3.76. The van der Waals surface area contributed by atoms with Crippen LogP contribution in [0.1, 0.15) is 38.8 Å². The summed E-state index contributed by atoms with van der Waals surface area (Å²) in [6, 6.07) is 15.0. The van der Waals surface area contributed by atoms with Gasteiger partial charge in [-0.15, -0.1) is 0 Å². The molecule has 2 amide bonds. The van der Waals surface area contributed by atoms with Gasteiger partial charge in [-0.1, -0.05) is 59.9 Å². The maximum absolute atomic E-state index is 12.9. The number of aromatic nitrogens is 1. The van der Waals surface area contributed by atoms with Gasteiger partial charge in [0, 0.05) is 18.9 Å². The molecule has 0 spiro atoms. The number of anilines is 1. The van der Waals surface area contributed by atoms with E-state index in [2.05, 4.69) is 22.4 Å². The van der Waals surface area contributed by atoms with E-state index < -0.39 is 30.1 Å². The van der Waals surface area contributed by atoms with Gasteiger partial charge in [0.1, 0.15) is 17.5 Å². The van der Waals surface area contributed by atoms with Gasteiger partial charge in [0.05, 0.1) is 11.8 Å². The average molecular weight is 494 g/mol. The molecule has 2 atom stereocenters. The summed E-state index contributed by atoms with van der Waals surface area (Å²) in [5, 5.41) is 22.0. The van der Waals surface area contributed by atoms with Crippen molar-refractivity contribution >= 4 is 34.4 Å². The van der Waals surface area contributed by atoms with Crippen LogP contribution in [0, 0.1) is 6.92 Å². The van der Waals surface area contributed by atoms with Crippen molar-refractivity contribution in [2.45, 2.75) is 31.4 Å². The number of aryl methyl sites for hydroxylation is 1. The minimum atomic E-state index is -1.17. The summed E-state index contributed by atoms with van der Waals surface area (Å²) in [5.41, 5.74) is 4.81. The number of likely N-dealkylation sites (tertiary alicyclic amines) is 1. The van der Waals surface area contributed by atoms with Crippen molar-refractivity contribution in [3.63, 3.8) is 0 Å². The van der Waals surface area contributed by atoms with E-state index in [9.17, 15) is 24.6 Å². The highest BCUT2D eigenvalue weighted by Gasteiger charge is 2.40. The van der Waals surface area contributed by atoms with Crippen molar-refractivity contribution in [1.82, 2.24) is 9.88 Å². The number of ether oxygens (including phenoxy) is 1. The van der Waals surface area contributed by atoms with Crippen LogP contribution in [0.2, 0.25) is 0 Å². The zero-order valence-corrected chi connectivity index (χ0v) is 19.6. The molecule has 5 rings (SSSR count). The number of nitrogens with zero attached hydrogens (tertiary/aromatic N) is 2. The summed E-state index contributed by atoms with van der Waals surface area (Å²) in [7, 11) is 0. The molecule has 1 aliphatic carbocycles. The van der Waals surface area contributed by atoms with E-state index in [-0.39, 0.29) is 35.5 Å². The first-order valence-corrected chi connectivity index (χ1v) is 12.0. The van der Waals surface area contributed by atoms with Crippen molar-refractivity contribution in [2.75, 3.05) is 18.5 Å². The van der Waals surface area contributed by atoms with Crippen LogP contribution in [0.3, 0.4) is 0 Å². The molecule has 10 heteroatoms. The van der Waals surface area contributed by atoms with Gasteiger partial charge in [0.2, 0.25) is 0 Å². The molecule has 1 aliphatic heterocycles. The van der Waals surface area contributed by atoms with Crippen LogP contribution in [0.4, 0.5) is 9.93 Å². The lowest BCUT2D eigenvalue weighted by Crippen LogP contribution is -2.40. The van der Waals surface area contributed by atoms with Gasteiger partial charge < -0.3 is 19.8 Å². The van der Waals surface area contributed by atoms with E-state index in [4.69, 9.17) is 4.74 Å². The molecule has 2 unspecified atom stereocenters. The Morgan fingerprint density at radius 1 is 1.11 bits per heavy atom.